The topological polar surface area (TPSA) is 17.1 Å². The quantitative estimate of drug-likeness (QED) is 0.591. The molecule has 1 aliphatic carbocycles. The number of allylic oxidation sites excluding steroid dienone is 4. The van der Waals surface area contributed by atoms with Gasteiger partial charge in [0.2, 0.25) is 0 Å². The molecule has 0 aliphatic heterocycles. The Morgan fingerprint density at radius 3 is 2.36 bits per heavy atom. The van der Waals surface area contributed by atoms with Gasteiger partial charge in [-0.2, -0.15) is 0 Å². The second-order valence-corrected chi connectivity index (χ2v) is 3.32. The van der Waals surface area contributed by atoms with Gasteiger partial charge in [0.25, 0.3) is 0 Å². The van der Waals surface area contributed by atoms with Gasteiger partial charge >= 0.3 is 0 Å². The Labute approximate surface area is 67.8 Å². The number of carbonyl (C=O) groups is 1. The molecule has 0 saturated carbocycles. The number of Topliss-reactive ketones (excluding diaryl/α,β-unsaturated/α-hetero) is 1. The van der Waals surface area contributed by atoms with Crippen LogP contribution in [0.4, 0.5) is 0 Å². The summed E-state index contributed by atoms with van der Waals surface area (Å²) in [6, 6.07) is 0. The first-order valence-corrected chi connectivity index (χ1v) is 4.02. The lowest BCUT2D eigenvalue weighted by Gasteiger charge is -2.05. The van der Waals surface area contributed by atoms with Crippen LogP contribution < -0.4 is 0 Å². The van der Waals surface area contributed by atoms with Crippen LogP contribution in [0.5, 0.6) is 0 Å². The van der Waals surface area contributed by atoms with Crippen molar-refractivity contribution in [3.8, 4) is 0 Å². The van der Waals surface area contributed by atoms with Crippen LogP contribution in [-0.2, 0) is 4.79 Å². The minimum atomic E-state index is 0.205. The van der Waals surface area contributed by atoms with Gasteiger partial charge in [-0.1, -0.05) is 31.6 Å². The van der Waals surface area contributed by atoms with Crippen LogP contribution in [0.3, 0.4) is 0 Å². The van der Waals surface area contributed by atoms with Crippen LogP contribution in [0.15, 0.2) is 23.3 Å². The van der Waals surface area contributed by atoms with Crippen molar-refractivity contribution in [1.82, 2.24) is 0 Å². The molecule has 0 fully saturated rings. The van der Waals surface area contributed by atoms with Gasteiger partial charge in [-0.15, -0.1) is 0 Å². The largest absolute Gasteiger partial charge is 0.295 e. The fourth-order valence-corrected chi connectivity index (χ4v) is 1.18. The first-order valence-electron chi connectivity index (χ1n) is 4.02. The summed E-state index contributed by atoms with van der Waals surface area (Å²) in [5.74, 6) is 0.778. The normalized spacial score (nSPS) is 16.7. The molecule has 0 bridgehead atoms. The van der Waals surface area contributed by atoms with E-state index in [1.54, 1.807) is 6.92 Å². The Balaban J connectivity index is 2.59. The van der Waals surface area contributed by atoms with Crippen LogP contribution in [0, 0.1) is 5.92 Å². The van der Waals surface area contributed by atoms with E-state index >= 15 is 0 Å². The second kappa shape index (κ2) is 3.04. The zero-order chi connectivity index (χ0) is 8.43. The average molecular weight is 150 g/mol. The van der Waals surface area contributed by atoms with Crippen molar-refractivity contribution in [2.45, 2.75) is 27.2 Å². The van der Waals surface area contributed by atoms with E-state index < -0.39 is 0 Å². The molecule has 0 saturated heterocycles. The van der Waals surface area contributed by atoms with Gasteiger partial charge in [-0.05, 0) is 24.8 Å². The molecule has 0 atom stereocenters. The molecular weight excluding hydrogens is 136 g/mol. The summed E-state index contributed by atoms with van der Waals surface area (Å²) in [5, 5.41) is 0. The Bertz CT molecular complexity index is 231. The zero-order valence-electron chi connectivity index (χ0n) is 7.35. The predicted octanol–water partition coefficient (Wildman–Crippen LogP) is 2.49. The van der Waals surface area contributed by atoms with Gasteiger partial charge in [-0.25, -0.2) is 0 Å². The monoisotopic (exact) mass is 150 g/mol. The standard InChI is InChI=1S/C10H14O/c1-7(2)9-4-5-10(6-9)8(3)11/h4-5,7H,6H2,1-3H3. The molecule has 0 spiro atoms. The van der Waals surface area contributed by atoms with Crippen LogP contribution in [0.2, 0.25) is 0 Å². The van der Waals surface area contributed by atoms with Crippen molar-refractivity contribution in [3.63, 3.8) is 0 Å². The van der Waals surface area contributed by atoms with E-state index in [9.17, 15) is 4.79 Å². The van der Waals surface area contributed by atoms with E-state index in [0.717, 1.165) is 12.0 Å². The molecule has 1 heteroatoms. The molecule has 0 heterocycles. The van der Waals surface area contributed by atoms with Crippen LogP contribution in [0.1, 0.15) is 27.2 Å². The summed E-state index contributed by atoms with van der Waals surface area (Å²) in [7, 11) is 0. The predicted molar refractivity (Wildman–Crippen MR) is 46.3 cm³/mol. The highest BCUT2D eigenvalue weighted by Crippen LogP contribution is 2.25. The molecule has 11 heavy (non-hydrogen) atoms. The second-order valence-electron chi connectivity index (χ2n) is 3.32. The molecule has 1 rings (SSSR count). The summed E-state index contributed by atoms with van der Waals surface area (Å²) >= 11 is 0. The summed E-state index contributed by atoms with van der Waals surface area (Å²) in [4.78, 5) is 10.9. The van der Waals surface area contributed by atoms with Gasteiger partial charge in [0.15, 0.2) is 5.78 Å². The lowest BCUT2D eigenvalue weighted by molar-refractivity contribution is -0.113. The summed E-state index contributed by atoms with van der Waals surface area (Å²) in [5.41, 5.74) is 2.32. The van der Waals surface area contributed by atoms with E-state index in [2.05, 4.69) is 19.9 Å². The fourth-order valence-electron chi connectivity index (χ4n) is 1.18. The Kier molecular flexibility index (Phi) is 2.28. The molecule has 0 N–H and O–H groups in total. The molecule has 60 valence electrons. The molecule has 0 unspecified atom stereocenters. The van der Waals surface area contributed by atoms with Gasteiger partial charge in [-0.3, -0.25) is 4.79 Å². The van der Waals surface area contributed by atoms with Gasteiger partial charge < -0.3 is 0 Å². The number of hydrogen-bond acceptors (Lipinski definition) is 1. The Morgan fingerprint density at radius 2 is 2.09 bits per heavy atom. The third kappa shape index (κ3) is 1.79. The van der Waals surface area contributed by atoms with Gasteiger partial charge in [0.1, 0.15) is 0 Å². The molecule has 0 radical (unpaired) electrons. The SMILES string of the molecule is CC(=O)C1=CC=C(C(C)C)C1. The van der Waals surface area contributed by atoms with Crippen molar-refractivity contribution >= 4 is 5.78 Å². The first kappa shape index (κ1) is 8.25. The molecule has 0 amide bonds. The average Bonchev–Trinajstić information content (AvgIpc) is 2.33. The van der Waals surface area contributed by atoms with Crippen molar-refractivity contribution in [2.75, 3.05) is 0 Å². The third-order valence-corrected chi connectivity index (χ3v) is 2.09. The lowest BCUT2D eigenvalue weighted by atomic mass is 9.99. The van der Waals surface area contributed by atoms with Crippen molar-refractivity contribution in [3.05, 3.63) is 23.3 Å². The Morgan fingerprint density at radius 1 is 1.45 bits per heavy atom. The minimum Gasteiger partial charge on any atom is -0.295 e. The van der Waals surface area contributed by atoms with Gasteiger partial charge in [0, 0.05) is 0 Å². The van der Waals surface area contributed by atoms with Crippen molar-refractivity contribution in [2.24, 2.45) is 5.92 Å². The number of ketones is 1. The van der Waals surface area contributed by atoms with E-state index in [4.69, 9.17) is 0 Å². The van der Waals surface area contributed by atoms with Crippen LogP contribution >= 0.6 is 0 Å². The maximum absolute atomic E-state index is 10.9. The Hall–Kier alpha value is -0.850. The number of carbonyl (C=O) groups excluding carboxylic acids is 1. The summed E-state index contributed by atoms with van der Waals surface area (Å²) < 4.78 is 0. The maximum atomic E-state index is 10.9. The highest BCUT2D eigenvalue weighted by atomic mass is 16.1. The fraction of sp³-hybridized carbons (Fsp3) is 0.500. The molecule has 1 aliphatic rings. The molecule has 0 aromatic rings. The van der Waals surface area contributed by atoms with Gasteiger partial charge in [0.05, 0.1) is 0 Å². The van der Waals surface area contributed by atoms with Crippen molar-refractivity contribution in [1.29, 1.82) is 0 Å². The van der Waals surface area contributed by atoms with E-state index in [-0.39, 0.29) is 5.78 Å². The summed E-state index contributed by atoms with van der Waals surface area (Å²) in [6.45, 7) is 5.94. The van der Waals surface area contributed by atoms with E-state index in [0.29, 0.717) is 5.92 Å². The smallest absolute Gasteiger partial charge is 0.156 e. The first-order chi connectivity index (χ1) is 5.11. The summed E-state index contributed by atoms with van der Waals surface area (Å²) in [6.07, 6.45) is 4.88. The minimum absolute atomic E-state index is 0.205. The lowest BCUT2D eigenvalue weighted by Crippen LogP contribution is -1.97. The zero-order valence-corrected chi connectivity index (χ0v) is 7.35. The maximum Gasteiger partial charge on any atom is 0.156 e. The third-order valence-electron chi connectivity index (χ3n) is 2.09. The van der Waals surface area contributed by atoms with Crippen molar-refractivity contribution < 1.29 is 4.79 Å². The highest BCUT2D eigenvalue weighted by molar-refractivity contribution is 5.94. The van der Waals surface area contributed by atoms with Crippen LogP contribution in [-0.4, -0.2) is 5.78 Å². The molecule has 1 nitrogen and oxygen atoms in total. The van der Waals surface area contributed by atoms with E-state index in [1.807, 2.05) is 6.08 Å². The van der Waals surface area contributed by atoms with Crippen LogP contribution in [0.25, 0.3) is 0 Å². The van der Waals surface area contributed by atoms with E-state index in [1.165, 1.54) is 5.57 Å². The highest BCUT2D eigenvalue weighted by Gasteiger charge is 2.13. The molecule has 0 aromatic carbocycles. The number of hydrogen-bond donors (Lipinski definition) is 0. The molecule has 0 aromatic heterocycles. The number of rotatable bonds is 2. The molecular formula is C10H14O.